The fraction of sp³-hybridized carbons (Fsp3) is 0.600. The monoisotopic (exact) mass is 220 g/mol. The first-order valence-corrected chi connectivity index (χ1v) is 6.16. The molecule has 0 saturated carbocycles. The van der Waals surface area contributed by atoms with E-state index in [-0.39, 0.29) is 6.10 Å². The van der Waals surface area contributed by atoms with Gasteiger partial charge in [-0.05, 0) is 57.9 Å². The molecule has 0 fully saturated rings. The topological polar surface area (TPSA) is 20.2 Å². The molecule has 90 valence electrons. The molecule has 2 atom stereocenters. The average molecular weight is 220 g/mol. The standard InChI is InChI=1S/C15H24O/c1-11(2)14-9-8-12(3)6-5-7-13(4)15(16)10-14/h7-8,14-16H,1,5-6,9-10H2,2-4H3/b12-8-,13-7-/t14-,15-/m0/s1. The lowest BCUT2D eigenvalue weighted by Crippen LogP contribution is -2.16. The van der Waals surface area contributed by atoms with Gasteiger partial charge >= 0.3 is 0 Å². The maximum atomic E-state index is 10.1. The molecular formula is C15H24O. The molecule has 0 bridgehead atoms. The van der Waals surface area contributed by atoms with Crippen LogP contribution >= 0.6 is 0 Å². The second-order valence-corrected chi connectivity index (χ2v) is 5.07. The van der Waals surface area contributed by atoms with Crippen molar-refractivity contribution in [3.05, 3.63) is 35.5 Å². The van der Waals surface area contributed by atoms with E-state index in [0.717, 1.165) is 31.3 Å². The molecule has 16 heavy (non-hydrogen) atoms. The second kappa shape index (κ2) is 6.05. The zero-order valence-electron chi connectivity index (χ0n) is 10.8. The number of rotatable bonds is 1. The Hall–Kier alpha value is -0.820. The Labute approximate surface area is 99.6 Å². The molecule has 0 heterocycles. The van der Waals surface area contributed by atoms with Gasteiger partial charge in [0.15, 0.2) is 0 Å². The normalized spacial score (nSPS) is 34.5. The first-order valence-electron chi connectivity index (χ1n) is 6.16. The molecule has 0 aromatic carbocycles. The summed E-state index contributed by atoms with van der Waals surface area (Å²) in [4.78, 5) is 0. The summed E-state index contributed by atoms with van der Waals surface area (Å²) in [5.74, 6) is 0.409. The number of hydrogen-bond donors (Lipinski definition) is 1. The molecule has 0 saturated heterocycles. The van der Waals surface area contributed by atoms with Crippen LogP contribution < -0.4 is 0 Å². The van der Waals surface area contributed by atoms with Gasteiger partial charge < -0.3 is 5.11 Å². The van der Waals surface area contributed by atoms with E-state index in [4.69, 9.17) is 0 Å². The summed E-state index contributed by atoms with van der Waals surface area (Å²) < 4.78 is 0. The molecule has 1 aliphatic rings. The Morgan fingerprint density at radius 3 is 2.69 bits per heavy atom. The Kier molecular flexibility index (Phi) is 5.01. The molecule has 0 radical (unpaired) electrons. The summed E-state index contributed by atoms with van der Waals surface area (Å²) in [5, 5.41) is 10.1. The maximum Gasteiger partial charge on any atom is 0.0753 e. The highest BCUT2D eigenvalue weighted by atomic mass is 16.3. The van der Waals surface area contributed by atoms with E-state index < -0.39 is 0 Å². The van der Waals surface area contributed by atoms with Crippen molar-refractivity contribution in [2.45, 2.75) is 52.6 Å². The van der Waals surface area contributed by atoms with Crippen LogP contribution in [0.15, 0.2) is 35.5 Å². The molecular weight excluding hydrogens is 196 g/mol. The fourth-order valence-corrected chi connectivity index (χ4v) is 2.06. The average Bonchev–Trinajstić information content (AvgIpc) is 2.22. The summed E-state index contributed by atoms with van der Waals surface area (Å²) in [6, 6.07) is 0. The zero-order valence-corrected chi connectivity index (χ0v) is 10.8. The summed E-state index contributed by atoms with van der Waals surface area (Å²) in [6.07, 6.45) is 8.15. The van der Waals surface area contributed by atoms with Gasteiger partial charge in [0.1, 0.15) is 0 Å². The van der Waals surface area contributed by atoms with Gasteiger partial charge in [-0.1, -0.05) is 29.9 Å². The molecule has 0 amide bonds. The van der Waals surface area contributed by atoms with Gasteiger partial charge in [-0.15, -0.1) is 0 Å². The van der Waals surface area contributed by atoms with Gasteiger partial charge in [0, 0.05) is 0 Å². The zero-order chi connectivity index (χ0) is 12.1. The van der Waals surface area contributed by atoms with Crippen LogP contribution in [0.1, 0.15) is 46.5 Å². The molecule has 1 rings (SSSR count). The van der Waals surface area contributed by atoms with Gasteiger partial charge in [0.25, 0.3) is 0 Å². The predicted octanol–water partition coefficient (Wildman–Crippen LogP) is 4.01. The Morgan fingerprint density at radius 2 is 2.06 bits per heavy atom. The minimum Gasteiger partial charge on any atom is -0.389 e. The van der Waals surface area contributed by atoms with E-state index >= 15 is 0 Å². The Bertz CT molecular complexity index is 309. The first kappa shape index (κ1) is 13.2. The number of allylic oxidation sites excluding steroid dienone is 4. The van der Waals surface area contributed by atoms with Gasteiger partial charge in [-0.25, -0.2) is 0 Å². The lowest BCUT2D eigenvalue weighted by molar-refractivity contribution is 0.182. The third kappa shape index (κ3) is 3.97. The van der Waals surface area contributed by atoms with E-state index in [9.17, 15) is 5.11 Å². The predicted molar refractivity (Wildman–Crippen MR) is 70.3 cm³/mol. The number of aliphatic hydroxyl groups is 1. The van der Waals surface area contributed by atoms with Crippen LogP contribution in [0, 0.1) is 5.92 Å². The highest BCUT2D eigenvalue weighted by molar-refractivity contribution is 5.12. The van der Waals surface area contributed by atoms with E-state index in [1.54, 1.807) is 0 Å². The quantitative estimate of drug-likeness (QED) is 0.662. The van der Waals surface area contributed by atoms with Crippen molar-refractivity contribution in [1.82, 2.24) is 0 Å². The minimum absolute atomic E-state index is 0.298. The van der Waals surface area contributed by atoms with Crippen molar-refractivity contribution in [1.29, 1.82) is 0 Å². The Balaban J connectivity index is 2.82. The van der Waals surface area contributed by atoms with E-state index in [0.29, 0.717) is 5.92 Å². The highest BCUT2D eigenvalue weighted by Crippen LogP contribution is 2.25. The van der Waals surface area contributed by atoms with Crippen molar-refractivity contribution in [2.75, 3.05) is 0 Å². The molecule has 0 spiro atoms. The summed E-state index contributed by atoms with van der Waals surface area (Å²) >= 11 is 0. The lowest BCUT2D eigenvalue weighted by Gasteiger charge is -2.21. The number of hydrogen-bond acceptors (Lipinski definition) is 1. The van der Waals surface area contributed by atoms with E-state index in [2.05, 4.69) is 32.6 Å². The van der Waals surface area contributed by atoms with Crippen molar-refractivity contribution in [2.24, 2.45) is 5.92 Å². The second-order valence-electron chi connectivity index (χ2n) is 5.07. The molecule has 0 unspecified atom stereocenters. The fourth-order valence-electron chi connectivity index (χ4n) is 2.06. The van der Waals surface area contributed by atoms with Crippen LogP contribution in [0.4, 0.5) is 0 Å². The third-order valence-corrected chi connectivity index (χ3v) is 3.49. The van der Waals surface area contributed by atoms with Crippen molar-refractivity contribution in [3.63, 3.8) is 0 Å². The SMILES string of the molecule is C=C(C)[C@H]1C/C=C(/C)CC/C=C(/C)[C@@H](O)C1. The van der Waals surface area contributed by atoms with Crippen LogP contribution in [-0.4, -0.2) is 11.2 Å². The minimum atomic E-state index is -0.298. The van der Waals surface area contributed by atoms with E-state index in [1.807, 2.05) is 6.92 Å². The molecule has 0 aliphatic heterocycles. The van der Waals surface area contributed by atoms with Crippen LogP contribution in [0.2, 0.25) is 0 Å². The Morgan fingerprint density at radius 1 is 1.38 bits per heavy atom. The van der Waals surface area contributed by atoms with Crippen LogP contribution in [-0.2, 0) is 0 Å². The smallest absolute Gasteiger partial charge is 0.0753 e. The maximum absolute atomic E-state index is 10.1. The first-order chi connectivity index (χ1) is 7.50. The van der Waals surface area contributed by atoms with Gasteiger partial charge in [0.05, 0.1) is 6.10 Å². The van der Waals surface area contributed by atoms with Crippen LogP contribution in [0.25, 0.3) is 0 Å². The highest BCUT2D eigenvalue weighted by Gasteiger charge is 2.16. The lowest BCUT2D eigenvalue weighted by atomic mass is 9.87. The summed E-state index contributed by atoms with van der Waals surface area (Å²) in [6.45, 7) is 10.3. The van der Waals surface area contributed by atoms with Gasteiger partial charge in [0.2, 0.25) is 0 Å². The van der Waals surface area contributed by atoms with Crippen molar-refractivity contribution < 1.29 is 5.11 Å². The molecule has 0 aromatic rings. The molecule has 1 nitrogen and oxygen atoms in total. The van der Waals surface area contributed by atoms with Crippen LogP contribution in [0.3, 0.4) is 0 Å². The molecule has 0 aromatic heterocycles. The molecule has 1 aliphatic carbocycles. The largest absolute Gasteiger partial charge is 0.389 e. The summed E-state index contributed by atoms with van der Waals surface area (Å²) in [7, 11) is 0. The summed E-state index contributed by atoms with van der Waals surface area (Å²) in [5.41, 5.74) is 3.74. The molecule has 1 heteroatoms. The van der Waals surface area contributed by atoms with E-state index in [1.165, 1.54) is 11.1 Å². The van der Waals surface area contributed by atoms with Crippen LogP contribution in [0.5, 0.6) is 0 Å². The van der Waals surface area contributed by atoms with Gasteiger partial charge in [-0.3, -0.25) is 0 Å². The van der Waals surface area contributed by atoms with Crippen molar-refractivity contribution >= 4 is 0 Å². The van der Waals surface area contributed by atoms with Gasteiger partial charge in [-0.2, -0.15) is 0 Å². The third-order valence-electron chi connectivity index (χ3n) is 3.49. The number of aliphatic hydroxyl groups excluding tert-OH is 1. The molecule has 1 N–H and O–H groups in total. The van der Waals surface area contributed by atoms with Crippen molar-refractivity contribution in [3.8, 4) is 0 Å².